The molecule has 1 aromatic carbocycles. The SMILES string of the molecule is Nc1cccc([C@H]2CN(C(=O)COc3ccc(F)cc3)CCO2)n1. The monoisotopic (exact) mass is 331 g/mol. The molecule has 2 heterocycles. The van der Waals surface area contributed by atoms with E-state index < -0.39 is 0 Å². The summed E-state index contributed by atoms with van der Waals surface area (Å²) in [6.07, 6.45) is -0.308. The van der Waals surface area contributed by atoms with E-state index in [2.05, 4.69) is 4.98 Å². The highest BCUT2D eigenvalue weighted by Gasteiger charge is 2.26. The second-order valence-corrected chi connectivity index (χ2v) is 5.43. The van der Waals surface area contributed by atoms with Gasteiger partial charge in [0.15, 0.2) is 6.61 Å². The summed E-state index contributed by atoms with van der Waals surface area (Å²) in [6, 6.07) is 10.9. The van der Waals surface area contributed by atoms with Crippen molar-refractivity contribution in [2.45, 2.75) is 6.10 Å². The van der Waals surface area contributed by atoms with Crippen molar-refractivity contribution >= 4 is 11.7 Å². The molecule has 0 saturated carbocycles. The molecule has 24 heavy (non-hydrogen) atoms. The van der Waals surface area contributed by atoms with Crippen molar-refractivity contribution in [2.24, 2.45) is 0 Å². The summed E-state index contributed by atoms with van der Waals surface area (Å²) in [5.41, 5.74) is 6.39. The Morgan fingerprint density at radius 1 is 1.33 bits per heavy atom. The predicted molar refractivity (Wildman–Crippen MR) is 85.8 cm³/mol. The van der Waals surface area contributed by atoms with Crippen LogP contribution < -0.4 is 10.5 Å². The first-order valence-corrected chi connectivity index (χ1v) is 7.62. The van der Waals surface area contributed by atoms with Gasteiger partial charge in [0.25, 0.3) is 5.91 Å². The number of benzene rings is 1. The number of hydrogen-bond acceptors (Lipinski definition) is 5. The molecular formula is C17H18FN3O3. The summed E-state index contributed by atoms with van der Waals surface area (Å²) in [6.45, 7) is 1.19. The van der Waals surface area contributed by atoms with E-state index in [1.54, 1.807) is 17.0 Å². The molecule has 1 aliphatic rings. The van der Waals surface area contributed by atoms with Gasteiger partial charge in [-0.3, -0.25) is 4.79 Å². The van der Waals surface area contributed by atoms with E-state index in [0.29, 0.717) is 37.0 Å². The first-order chi connectivity index (χ1) is 11.6. The number of nitrogens with two attached hydrogens (primary N) is 1. The second-order valence-electron chi connectivity index (χ2n) is 5.43. The molecule has 2 N–H and O–H groups in total. The number of aromatic nitrogens is 1. The number of nitrogen functional groups attached to an aromatic ring is 1. The fourth-order valence-electron chi connectivity index (χ4n) is 2.47. The van der Waals surface area contributed by atoms with Crippen LogP contribution in [0.25, 0.3) is 0 Å². The summed E-state index contributed by atoms with van der Waals surface area (Å²) >= 11 is 0. The Labute approximate surface area is 139 Å². The fraction of sp³-hybridized carbons (Fsp3) is 0.294. The van der Waals surface area contributed by atoms with E-state index in [-0.39, 0.29) is 24.4 Å². The molecule has 1 saturated heterocycles. The third-order valence-electron chi connectivity index (χ3n) is 3.72. The lowest BCUT2D eigenvalue weighted by atomic mass is 10.2. The lowest BCUT2D eigenvalue weighted by molar-refractivity contribution is -0.141. The van der Waals surface area contributed by atoms with Crippen molar-refractivity contribution in [2.75, 3.05) is 32.0 Å². The molecule has 126 valence electrons. The fourth-order valence-corrected chi connectivity index (χ4v) is 2.47. The number of hydrogen-bond donors (Lipinski definition) is 1. The molecule has 1 atom stereocenters. The van der Waals surface area contributed by atoms with Crippen LogP contribution in [-0.2, 0) is 9.53 Å². The van der Waals surface area contributed by atoms with Crippen LogP contribution in [-0.4, -0.2) is 42.1 Å². The van der Waals surface area contributed by atoms with Crippen molar-refractivity contribution in [1.82, 2.24) is 9.88 Å². The Morgan fingerprint density at radius 3 is 2.88 bits per heavy atom. The summed E-state index contributed by atoms with van der Waals surface area (Å²) < 4.78 is 23.9. The molecule has 3 rings (SSSR count). The van der Waals surface area contributed by atoms with Crippen LogP contribution in [0.15, 0.2) is 42.5 Å². The third-order valence-corrected chi connectivity index (χ3v) is 3.72. The first-order valence-electron chi connectivity index (χ1n) is 7.62. The molecule has 7 heteroatoms. The zero-order valence-electron chi connectivity index (χ0n) is 13.0. The number of anilines is 1. The molecule has 0 unspecified atom stereocenters. The van der Waals surface area contributed by atoms with Gasteiger partial charge in [0.2, 0.25) is 0 Å². The van der Waals surface area contributed by atoms with Crippen molar-refractivity contribution in [1.29, 1.82) is 0 Å². The zero-order chi connectivity index (χ0) is 16.9. The summed E-state index contributed by atoms with van der Waals surface area (Å²) in [7, 11) is 0. The Hall–Kier alpha value is -2.67. The molecule has 6 nitrogen and oxygen atoms in total. The second kappa shape index (κ2) is 7.27. The van der Waals surface area contributed by atoms with E-state index >= 15 is 0 Å². The number of carbonyl (C=O) groups is 1. The summed E-state index contributed by atoms with van der Waals surface area (Å²) in [5, 5.41) is 0. The van der Waals surface area contributed by atoms with E-state index in [0.717, 1.165) is 0 Å². The maximum Gasteiger partial charge on any atom is 0.260 e. The smallest absolute Gasteiger partial charge is 0.260 e. The maximum atomic E-state index is 12.8. The Bertz CT molecular complexity index is 708. The molecule has 1 fully saturated rings. The first kappa shape index (κ1) is 16.2. The van der Waals surface area contributed by atoms with Crippen molar-refractivity contribution in [3.8, 4) is 5.75 Å². The van der Waals surface area contributed by atoms with Gasteiger partial charge in [-0.15, -0.1) is 0 Å². The van der Waals surface area contributed by atoms with E-state index in [1.165, 1.54) is 24.3 Å². The molecule has 1 amide bonds. The van der Waals surface area contributed by atoms with Crippen LogP contribution in [0.1, 0.15) is 11.8 Å². The Balaban J connectivity index is 1.57. The largest absolute Gasteiger partial charge is 0.484 e. The number of halogens is 1. The predicted octanol–water partition coefficient (Wildman–Crippen LogP) is 1.78. The van der Waals surface area contributed by atoms with E-state index in [4.69, 9.17) is 15.2 Å². The number of pyridine rings is 1. The van der Waals surface area contributed by atoms with Crippen molar-refractivity contribution in [3.63, 3.8) is 0 Å². The van der Waals surface area contributed by atoms with Gasteiger partial charge in [0.1, 0.15) is 23.5 Å². The van der Waals surface area contributed by atoms with Crippen LogP contribution in [0.5, 0.6) is 5.75 Å². The van der Waals surface area contributed by atoms with Gasteiger partial charge in [0.05, 0.1) is 18.8 Å². The highest BCUT2D eigenvalue weighted by molar-refractivity contribution is 5.78. The van der Waals surface area contributed by atoms with Gasteiger partial charge in [-0.1, -0.05) is 6.07 Å². The molecule has 0 radical (unpaired) electrons. The number of carbonyl (C=O) groups excluding carboxylic acids is 1. The minimum Gasteiger partial charge on any atom is -0.484 e. The zero-order valence-corrected chi connectivity index (χ0v) is 13.0. The van der Waals surface area contributed by atoms with Crippen molar-refractivity contribution < 1.29 is 18.7 Å². The van der Waals surface area contributed by atoms with Crippen molar-refractivity contribution in [3.05, 3.63) is 54.0 Å². The normalized spacial score (nSPS) is 17.5. The molecule has 0 bridgehead atoms. The topological polar surface area (TPSA) is 77.7 Å². The van der Waals surface area contributed by atoms with Crippen LogP contribution in [0, 0.1) is 5.82 Å². The van der Waals surface area contributed by atoms with Crippen LogP contribution >= 0.6 is 0 Å². The van der Waals surface area contributed by atoms with E-state index in [1.807, 2.05) is 6.07 Å². The molecule has 1 aliphatic heterocycles. The van der Waals surface area contributed by atoms with Gasteiger partial charge >= 0.3 is 0 Å². The molecule has 2 aromatic rings. The quantitative estimate of drug-likeness (QED) is 0.924. The minimum absolute atomic E-state index is 0.108. The highest BCUT2D eigenvalue weighted by atomic mass is 19.1. The molecule has 0 aliphatic carbocycles. The van der Waals surface area contributed by atoms with Gasteiger partial charge in [-0.05, 0) is 36.4 Å². The van der Waals surface area contributed by atoms with E-state index in [9.17, 15) is 9.18 Å². The number of amides is 1. The number of rotatable bonds is 4. The summed E-state index contributed by atoms with van der Waals surface area (Å²) in [4.78, 5) is 18.2. The molecule has 0 spiro atoms. The number of morpholine rings is 1. The maximum absolute atomic E-state index is 12.8. The Morgan fingerprint density at radius 2 is 2.12 bits per heavy atom. The van der Waals surface area contributed by atoms with Crippen LogP contribution in [0.3, 0.4) is 0 Å². The van der Waals surface area contributed by atoms with Gasteiger partial charge in [-0.2, -0.15) is 0 Å². The van der Waals surface area contributed by atoms with Crippen LogP contribution in [0.2, 0.25) is 0 Å². The highest BCUT2D eigenvalue weighted by Crippen LogP contribution is 2.21. The van der Waals surface area contributed by atoms with Gasteiger partial charge in [0, 0.05) is 6.54 Å². The third kappa shape index (κ3) is 3.99. The molecular weight excluding hydrogens is 313 g/mol. The summed E-state index contributed by atoms with van der Waals surface area (Å²) in [5.74, 6) is 0.363. The number of ether oxygens (including phenoxy) is 2. The standard InChI is InChI=1S/C17H18FN3O3/c18-12-4-6-13(7-5-12)24-11-17(22)21-8-9-23-15(10-21)14-2-1-3-16(19)20-14/h1-7,15H,8-11H2,(H2,19,20)/t15-/m1/s1. The van der Waals surface area contributed by atoms with Crippen LogP contribution in [0.4, 0.5) is 10.2 Å². The lowest BCUT2D eigenvalue weighted by Gasteiger charge is -2.32. The lowest BCUT2D eigenvalue weighted by Crippen LogP contribution is -2.44. The van der Waals surface area contributed by atoms with Gasteiger partial charge < -0.3 is 20.1 Å². The average molecular weight is 331 g/mol. The minimum atomic E-state index is -0.348. The number of nitrogens with zero attached hydrogens (tertiary/aromatic N) is 2. The van der Waals surface area contributed by atoms with Gasteiger partial charge in [-0.25, -0.2) is 9.37 Å². The Kier molecular flexibility index (Phi) is 4.90. The molecule has 1 aromatic heterocycles. The average Bonchev–Trinajstić information content (AvgIpc) is 2.61.